The van der Waals surface area contributed by atoms with Gasteiger partial charge in [-0.15, -0.1) is 0 Å². The fraction of sp³-hybridized carbons (Fsp3) is 0.417. The highest BCUT2D eigenvalue weighted by Gasteiger charge is 2.27. The molecule has 0 bridgehead atoms. The molecule has 1 aliphatic rings. The Morgan fingerprint density at radius 2 is 1.64 bits per heavy atom. The number of carbonyl (C=O) groups excluding carboxylic acids is 2. The van der Waals surface area contributed by atoms with E-state index in [-0.39, 0.29) is 22.6 Å². The quantitative estimate of drug-likeness (QED) is 0.579. The van der Waals surface area contributed by atoms with Crippen molar-refractivity contribution >= 4 is 39.1 Å². The lowest BCUT2D eigenvalue weighted by Gasteiger charge is -2.31. The average Bonchev–Trinajstić information content (AvgIpc) is 2.79. The summed E-state index contributed by atoms with van der Waals surface area (Å²) in [5.74, 6) is 0.426. The fourth-order valence-corrected chi connectivity index (χ4v) is 4.85. The minimum Gasteiger partial charge on any atom is -0.356 e. The summed E-state index contributed by atoms with van der Waals surface area (Å²) in [6.07, 6.45) is 2.23. The molecule has 33 heavy (non-hydrogen) atoms. The van der Waals surface area contributed by atoms with Crippen molar-refractivity contribution in [3.63, 3.8) is 0 Å². The Kier molecular flexibility index (Phi) is 8.37. The zero-order valence-corrected chi connectivity index (χ0v) is 20.5. The van der Waals surface area contributed by atoms with Gasteiger partial charge in [-0.05, 0) is 73.7 Å². The molecule has 1 aliphatic heterocycles. The van der Waals surface area contributed by atoms with Crippen molar-refractivity contribution in [2.24, 2.45) is 11.8 Å². The Balaban J connectivity index is 1.53. The van der Waals surface area contributed by atoms with Gasteiger partial charge in [0.05, 0.1) is 4.90 Å². The molecule has 1 saturated heterocycles. The number of rotatable bonds is 8. The lowest BCUT2D eigenvalue weighted by molar-refractivity contribution is -0.126. The number of benzene rings is 2. The molecule has 0 unspecified atom stereocenters. The number of halogens is 1. The summed E-state index contributed by atoms with van der Waals surface area (Å²) in [5, 5.41) is 3.45. The standard InChI is InChI=1S/C24H30ClN3O4S/c1-17(2)11-14-26-23(29)18-12-15-28(16-13-18)24(30)19-3-7-21(8-4-19)27-33(31,32)22-9-5-20(25)6-10-22/h3-10,17-18,27H,11-16H2,1-2H3,(H,26,29). The summed E-state index contributed by atoms with van der Waals surface area (Å²) in [7, 11) is -3.75. The molecule has 0 radical (unpaired) electrons. The number of carbonyl (C=O) groups is 2. The molecule has 1 fully saturated rings. The normalized spacial score (nSPS) is 14.8. The van der Waals surface area contributed by atoms with E-state index in [1.807, 2.05) is 0 Å². The minimum atomic E-state index is -3.75. The van der Waals surface area contributed by atoms with E-state index in [1.54, 1.807) is 29.2 Å². The Labute approximate surface area is 200 Å². The van der Waals surface area contributed by atoms with E-state index in [1.165, 1.54) is 24.3 Å². The van der Waals surface area contributed by atoms with E-state index in [2.05, 4.69) is 23.9 Å². The number of hydrogen-bond acceptors (Lipinski definition) is 4. The van der Waals surface area contributed by atoms with Gasteiger partial charge in [0.1, 0.15) is 0 Å². The maximum atomic E-state index is 12.8. The van der Waals surface area contributed by atoms with Crippen molar-refractivity contribution in [3.05, 3.63) is 59.1 Å². The average molecular weight is 492 g/mol. The van der Waals surface area contributed by atoms with Gasteiger partial charge in [0.2, 0.25) is 5.91 Å². The van der Waals surface area contributed by atoms with Crippen LogP contribution in [0.3, 0.4) is 0 Å². The SMILES string of the molecule is CC(C)CCNC(=O)C1CCN(C(=O)c2ccc(NS(=O)(=O)c3ccc(Cl)cc3)cc2)CC1. The summed E-state index contributed by atoms with van der Waals surface area (Å²) in [4.78, 5) is 27.0. The molecule has 0 atom stereocenters. The number of sulfonamides is 1. The van der Waals surface area contributed by atoms with Crippen LogP contribution >= 0.6 is 11.6 Å². The predicted octanol–water partition coefficient (Wildman–Crippen LogP) is 4.16. The first-order valence-electron chi connectivity index (χ1n) is 11.1. The second-order valence-corrected chi connectivity index (χ2v) is 10.8. The van der Waals surface area contributed by atoms with E-state index in [0.29, 0.717) is 54.7 Å². The molecule has 2 amide bonds. The molecule has 3 rings (SSSR count). The van der Waals surface area contributed by atoms with Gasteiger partial charge in [0.25, 0.3) is 15.9 Å². The van der Waals surface area contributed by atoms with Crippen molar-refractivity contribution in [1.82, 2.24) is 10.2 Å². The van der Waals surface area contributed by atoms with Gasteiger partial charge in [0.15, 0.2) is 0 Å². The number of hydrogen-bond donors (Lipinski definition) is 2. The monoisotopic (exact) mass is 491 g/mol. The van der Waals surface area contributed by atoms with E-state index < -0.39 is 10.0 Å². The lowest BCUT2D eigenvalue weighted by atomic mass is 9.95. The van der Waals surface area contributed by atoms with Crippen molar-refractivity contribution in [2.75, 3.05) is 24.4 Å². The van der Waals surface area contributed by atoms with Crippen LogP contribution in [0, 0.1) is 11.8 Å². The molecule has 0 aliphatic carbocycles. The lowest BCUT2D eigenvalue weighted by Crippen LogP contribution is -2.43. The van der Waals surface area contributed by atoms with Gasteiger partial charge in [-0.2, -0.15) is 0 Å². The summed E-state index contributed by atoms with van der Waals surface area (Å²) >= 11 is 5.82. The highest BCUT2D eigenvalue weighted by Crippen LogP contribution is 2.22. The minimum absolute atomic E-state index is 0.0640. The number of anilines is 1. The third-order valence-electron chi connectivity index (χ3n) is 5.68. The van der Waals surface area contributed by atoms with Crippen LogP contribution in [-0.2, 0) is 14.8 Å². The van der Waals surface area contributed by atoms with Gasteiger partial charge < -0.3 is 10.2 Å². The molecule has 0 aromatic heterocycles. The maximum absolute atomic E-state index is 12.8. The second-order valence-electron chi connectivity index (χ2n) is 8.68. The first kappa shape index (κ1) is 25.1. The third kappa shape index (κ3) is 6.95. The van der Waals surface area contributed by atoms with E-state index in [4.69, 9.17) is 11.6 Å². The predicted molar refractivity (Wildman–Crippen MR) is 130 cm³/mol. The highest BCUT2D eigenvalue weighted by atomic mass is 35.5. The molecular weight excluding hydrogens is 462 g/mol. The van der Waals surface area contributed by atoms with Crippen LogP contribution in [0.5, 0.6) is 0 Å². The molecule has 2 aromatic carbocycles. The summed E-state index contributed by atoms with van der Waals surface area (Å²) in [5.41, 5.74) is 0.836. The van der Waals surface area contributed by atoms with Crippen LogP contribution < -0.4 is 10.0 Å². The molecule has 0 spiro atoms. The molecular formula is C24H30ClN3O4S. The Morgan fingerprint density at radius 3 is 2.21 bits per heavy atom. The maximum Gasteiger partial charge on any atom is 0.261 e. The topological polar surface area (TPSA) is 95.6 Å². The zero-order chi connectivity index (χ0) is 24.0. The number of nitrogens with zero attached hydrogens (tertiary/aromatic N) is 1. The van der Waals surface area contributed by atoms with Crippen molar-refractivity contribution in [1.29, 1.82) is 0 Å². The van der Waals surface area contributed by atoms with E-state index in [0.717, 1.165) is 6.42 Å². The van der Waals surface area contributed by atoms with Gasteiger partial charge in [-0.1, -0.05) is 25.4 Å². The number of piperidine rings is 1. The number of likely N-dealkylation sites (tertiary alicyclic amines) is 1. The van der Waals surface area contributed by atoms with Gasteiger partial charge in [0, 0.05) is 41.8 Å². The van der Waals surface area contributed by atoms with Gasteiger partial charge >= 0.3 is 0 Å². The number of amides is 2. The molecule has 2 aromatic rings. The van der Waals surface area contributed by atoms with Crippen LogP contribution in [0.1, 0.15) is 43.5 Å². The van der Waals surface area contributed by atoms with Crippen molar-refractivity contribution in [3.8, 4) is 0 Å². The molecule has 1 heterocycles. The third-order valence-corrected chi connectivity index (χ3v) is 7.33. The molecule has 178 valence electrons. The van der Waals surface area contributed by atoms with Crippen LogP contribution in [0.25, 0.3) is 0 Å². The van der Waals surface area contributed by atoms with Crippen LogP contribution in [0.15, 0.2) is 53.4 Å². The Hall–Kier alpha value is -2.58. The first-order valence-corrected chi connectivity index (χ1v) is 13.0. The van der Waals surface area contributed by atoms with E-state index in [9.17, 15) is 18.0 Å². The van der Waals surface area contributed by atoms with Gasteiger partial charge in [-0.25, -0.2) is 8.42 Å². The van der Waals surface area contributed by atoms with Crippen molar-refractivity contribution < 1.29 is 18.0 Å². The van der Waals surface area contributed by atoms with Crippen LogP contribution in [0.2, 0.25) is 5.02 Å². The Morgan fingerprint density at radius 1 is 1.03 bits per heavy atom. The molecule has 9 heteroatoms. The fourth-order valence-electron chi connectivity index (χ4n) is 3.66. The highest BCUT2D eigenvalue weighted by molar-refractivity contribution is 7.92. The summed E-state index contributed by atoms with van der Waals surface area (Å²) in [6.45, 7) is 5.97. The second kappa shape index (κ2) is 11.0. The largest absolute Gasteiger partial charge is 0.356 e. The molecule has 0 saturated carbocycles. The van der Waals surface area contributed by atoms with Crippen LogP contribution in [0.4, 0.5) is 5.69 Å². The first-order chi connectivity index (χ1) is 15.7. The Bertz CT molecular complexity index is 1060. The van der Waals surface area contributed by atoms with E-state index >= 15 is 0 Å². The smallest absolute Gasteiger partial charge is 0.261 e. The van der Waals surface area contributed by atoms with Crippen molar-refractivity contribution in [2.45, 2.75) is 38.0 Å². The molecule has 2 N–H and O–H groups in total. The van der Waals surface area contributed by atoms with Gasteiger partial charge in [-0.3, -0.25) is 14.3 Å². The zero-order valence-electron chi connectivity index (χ0n) is 18.9. The summed E-state index contributed by atoms with van der Waals surface area (Å²) < 4.78 is 27.5. The summed E-state index contributed by atoms with van der Waals surface area (Å²) in [6, 6.07) is 12.2. The number of nitrogens with one attached hydrogen (secondary N) is 2. The van der Waals surface area contributed by atoms with Crippen LogP contribution in [-0.4, -0.2) is 44.8 Å². The molecule has 7 nitrogen and oxygen atoms in total.